The molecule has 0 aliphatic carbocycles. The van der Waals surface area contributed by atoms with E-state index in [2.05, 4.69) is 5.32 Å². The normalized spacial score (nSPS) is 18.7. The number of nitrogens with one attached hydrogen (secondary N) is 1. The molecule has 110 valence electrons. The topological polar surface area (TPSA) is 52.6 Å². The Bertz CT molecular complexity index is 636. The summed E-state index contributed by atoms with van der Waals surface area (Å²) >= 11 is 0. The Kier molecular flexibility index (Phi) is 4.06. The molecule has 1 unspecified atom stereocenters. The monoisotopic (exact) mass is 284 g/mol. The molecule has 21 heavy (non-hydrogen) atoms. The molecule has 0 aromatic heterocycles. The van der Waals surface area contributed by atoms with E-state index in [0.717, 1.165) is 35.7 Å². The summed E-state index contributed by atoms with van der Waals surface area (Å²) in [5.74, 6) is 0. The fourth-order valence-corrected chi connectivity index (χ4v) is 2.98. The molecular weight excluding hydrogens is 264 g/mol. The zero-order valence-electron chi connectivity index (χ0n) is 12.0. The summed E-state index contributed by atoms with van der Waals surface area (Å²) in [5.41, 5.74) is 0.820. The van der Waals surface area contributed by atoms with Crippen molar-refractivity contribution in [1.82, 2.24) is 4.90 Å². The molecule has 0 radical (unpaired) electrons. The van der Waals surface area contributed by atoms with E-state index in [-0.39, 0.29) is 18.7 Å². The van der Waals surface area contributed by atoms with Gasteiger partial charge in [-0.3, -0.25) is 0 Å². The predicted molar refractivity (Wildman–Crippen MR) is 84.4 cm³/mol. The summed E-state index contributed by atoms with van der Waals surface area (Å²) in [6.07, 6.45) is 2.95. The lowest BCUT2D eigenvalue weighted by molar-refractivity contribution is 0.115. The summed E-state index contributed by atoms with van der Waals surface area (Å²) in [6, 6.07) is 13.7. The Hall–Kier alpha value is -2.07. The highest BCUT2D eigenvalue weighted by molar-refractivity contribution is 6.01. The number of likely N-dealkylation sites (tertiary alicyclic amines) is 1. The lowest BCUT2D eigenvalue weighted by Gasteiger charge is -2.34. The minimum atomic E-state index is -0.120. The maximum absolute atomic E-state index is 12.5. The molecule has 4 heteroatoms. The van der Waals surface area contributed by atoms with Gasteiger partial charge in [0.1, 0.15) is 0 Å². The van der Waals surface area contributed by atoms with Crippen molar-refractivity contribution in [2.45, 2.75) is 25.3 Å². The molecule has 3 rings (SSSR count). The number of carbonyl (C=O) groups excluding carboxylic acids is 1. The minimum absolute atomic E-state index is 0.0307. The average Bonchev–Trinajstić information content (AvgIpc) is 2.55. The molecule has 1 saturated heterocycles. The van der Waals surface area contributed by atoms with Gasteiger partial charge in [-0.15, -0.1) is 0 Å². The number of hydrogen-bond acceptors (Lipinski definition) is 2. The second kappa shape index (κ2) is 6.14. The summed E-state index contributed by atoms with van der Waals surface area (Å²) in [7, 11) is 0. The first-order valence-corrected chi connectivity index (χ1v) is 7.46. The molecule has 1 fully saturated rings. The van der Waals surface area contributed by atoms with Gasteiger partial charge in [0.05, 0.1) is 18.3 Å². The van der Waals surface area contributed by atoms with Crippen LogP contribution in [0.15, 0.2) is 42.5 Å². The van der Waals surface area contributed by atoms with Crippen LogP contribution in [0, 0.1) is 0 Å². The number of fused-ring (bicyclic) bond motifs is 1. The zero-order chi connectivity index (χ0) is 14.7. The second-order valence-corrected chi connectivity index (χ2v) is 5.48. The van der Waals surface area contributed by atoms with Crippen molar-refractivity contribution in [2.75, 3.05) is 18.5 Å². The fourth-order valence-electron chi connectivity index (χ4n) is 2.98. The second-order valence-electron chi connectivity index (χ2n) is 5.48. The third-order valence-corrected chi connectivity index (χ3v) is 4.13. The Labute approximate surface area is 124 Å². The number of anilines is 1. The minimum Gasteiger partial charge on any atom is -0.394 e. The molecule has 1 atom stereocenters. The van der Waals surface area contributed by atoms with Crippen molar-refractivity contribution in [3.63, 3.8) is 0 Å². The third-order valence-electron chi connectivity index (χ3n) is 4.13. The molecule has 1 heterocycles. The van der Waals surface area contributed by atoms with Gasteiger partial charge >= 0.3 is 6.03 Å². The lowest BCUT2D eigenvalue weighted by Crippen LogP contribution is -2.47. The lowest BCUT2D eigenvalue weighted by atomic mass is 10.0. The van der Waals surface area contributed by atoms with Gasteiger partial charge in [0.15, 0.2) is 0 Å². The molecule has 0 spiro atoms. The third kappa shape index (κ3) is 2.85. The molecule has 0 saturated carbocycles. The van der Waals surface area contributed by atoms with E-state index in [0.29, 0.717) is 6.54 Å². The van der Waals surface area contributed by atoms with Gasteiger partial charge in [-0.2, -0.15) is 0 Å². The summed E-state index contributed by atoms with van der Waals surface area (Å²) < 4.78 is 0. The van der Waals surface area contributed by atoms with E-state index in [1.165, 1.54) is 0 Å². The van der Waals surface area contributed by atoms with Gasteiger partial charge in [-0.05, 0) is 30.7 Å². The van der Waals surface area contributed by atoms with E-state index >= 15 is 0 Å². The number of nitrogens with zero attached hydrogens (tertiary/aromatic N) is 1. The average molecular weight is 284 g/mol. The molecule has 0 bridgehead atoms. The quantitative estimate of drug-likeness (QED) is 0.889. The first-order chi connectivity index (χ1) is 10.3. The van der Waals surface area contributed by atoms with Crippen molar-refractivity contribution in [1.29, 1.82) is 0 Å². The van der Waals surface area contributed by atoms with Crippen molar-refractivity contribution < 1.29 is 9.90 Å². The number of aliphatic hydroxyl groups excluding tert-OH is 1. The number of piperidine rings is 1. The maximum atomic E-state index is 12.5. The van der Waals surface area contributed by atoms with Gasteiger partial charge < -0.3 is 15.3 Å². The number of urea groups is 1. The standard InChI is InChI=1S/C17H20N2O2/c20-12-14-8-3-4-11-19(14)17(21)18-16-10-5-7-13-6-1-2-9-15(13)16/h1-2,5-7,9-10,14,20H,3-4,8,11-12H2,(H,18,21). The van der Waals surface area contributed by atoms with Crippen LogP contribution in [-0.4, -0.2) is 35.2 Å². The van der Waals surface area contributed by atoms with Crippen LogP contribution < -0.4 is 5.32 Å². The first-order valence-electron chi connectivity index (χ1n) is 7.46. The molecule has 2 aromatic rings. The van der Waals surface area contributed by atoms with Crippen LogP contribution in [0.5, 0.6) is 0 Å². The highest BCUT2D eigenvalue weighted by atomic mass is 16.3. The van der Waals surface area contributed by atoms with Gasteiger partial charge in [0, 0.05) is 11.9 Å². The van der Waals surface area contributed by atoms with E-state index < -0.39 is 0 Å². The van der Waals surface area contributed by atoms with Crippen LogP contribution in [0.2, 0.25) is 0 Å². The Balaban J connectivity index is 1.83. The van der Waals surface area contributed by atoms with Gasteiger partial charge in [0.25, 0.3) is 0 Å². The summed E-state index contributed by atoms with van der Waals surface area (Å²) in [6.45, 7) is 0.741. The number of carbonyl (C=O) groups is 1. The zero-order valence-corrected chi connectivity index (χ0v) is 12.0. The molecule has 2 aromatic carbocycles. The van der Waals surface area contributed by atoms with Crippen molar-refractivity contribution in [3.8, 4) is 0 Å². The maximum Gasteiger partial charge on any atom is 0.322 e. The van der Waals surface area contributed by atoms with E-state index in [9.17, 15) is 9.90 Å². The predicted octanol–water partition coefficient (Wildman–Crippen LogP) is 3.22. The van der Waals surface area contributed by atoms with Crippen molar-refractivity contribution in [2.24, 2.45) is 0 Å². The summed E-state index contributed by atoms with van der Waals surface area (Å²) in [4.78, 5) is 14.2. The number of hydrogen-bond donors (Lipinski definition) is 2. The van der Waals surface area contributed by atoms with Crippen LogP contribution >= 0.6 is 0 Å². The first kappa shape index (κ1) is 13.9. The number of aliphatic hydroxyl groups is 1. The molecule has 1 aliphatic rings. The Morgan fingerprint density at radius 2 is 2.00 bits per heavy atom. The largest absolute Gasteiger partial charge is 0.394 e. The molecule has 2 amide bonds. The molecular formula is C17H20N2O2. The van der Waals surface area contributed by atoms with Crippen LogP contribution in [0.25, 0.3) is 10.8 Å². The van der Waals surface area contributed by atoms with Crippen LogP contribution in [0.1, 0.15) is 19.3 Å². The number of benzene rings is 2. The van der Waals surface area contributed by atoms with E-state index in [1.54, 1.807) is 4.90 Å². The van der Waals surface area contributed by atoms with Crippen LogP contribution in [0.4, 0.5) is 10.5 Å². The van der Waals surface area contributed by atoms with Gasteiger partial charge in [-0.1, -0.05) is 36.4 Å². The van der Waals surface area contributed by atoms with Crippen LogP contribution in [-0.2, 0) is 0 Å². The van der Waals surface area contributed by atoms with Crippen LogP contribution in [0.3, 0.4) is 0 Å². The fraction of sp³-hybridized carbons (Fsp3) is 0.353. The van der Waals surface area contributed by atoms with Crippen molar-refractivity contribution >= 4 is 22.5 Å². The van der Waals surface area contributed by atoms with Gasteiger partial charge in [-0.25, -0.2) is 4.79 Å². The molecule has 1 aliphatic heterocycles. The smallest absolute Gasteiger partial charge is 0.322 e. The molecule has 4 nitrogen and oxygen atoms in total. The number of amides is 2. The van der Waals surface area contributed by atoms with E-state index in [4.69, 9.17) is 0 Å². The SMILES string of the molecule is O=C(Nc1cccc2ccccc12)N1CCCCC1CO. The number of rotatable bonds is 2. The van der Waals surface area contributed by atoms with Crippen molar-refractivity contribution in [3.05, 3.63) is 42.5 Å². The molecule has 2 N–H and O–H groups in total. The Morgan fingerprint density at radius 1 is 1.19 bits per heavy atom. The summed E-state index contributed by atoms with van der Waals surface area (Å²) in [5, 5.41) is 14.6. The highest BCUT2D eigenvalue weighted by Gasteiger charge is 2.26. The van der Waals surface area contributed by atoms with Gasteiger partial charge in [0.2, 0.25) is 0 Å². The highest BCUT2D eigenvalue weighted by Crippen LogP contribution is 2.24. The van der Waals surface area contributed by atoms with E-state index in [1.807, 2.05) is 42.5 Å². The Morgan fingerprint density at radius 3 is 2.86 bits per heavy atom.